The van der Waals surface area contributed by atoms with Crippen molar-refractivity contribution in [2.45, 2.75) is 44.6 Å². The van der Waals surface area contributed by atoms with Crippen molar-refractivity contribution in [3.8, 4) is 0 Å². The molecule has 0 amide bonds. The summed E-state index contributed by atoms with van der Waals surface area (Å²) in [6.07, 6.45) is 6.81. The van der Waals surface area contributed by atoms with Gasteiger partial charge in [-0.25, -0.2) is 9.97 Å². The van der Waals surface area contributed by atoms with E-state index in [4.69, 9.17) is 0 Å². The fourth-order valence-corrected chi connectivity index (χ4v) is 4.06. The zero-order valence-electron chi connectivity index (χ0n) is 13.2. The summed E-state index contributed by atoms with van der Waals surface area (Å²) in [4.78, 5) is 11.5. The number of nitrogens with zero attached hydrogens (tertiary/aromatic N) is 3. The SMILES string of the molecule is Cc1nccc(C2CCN(C3Cc4ccccc4C3)CC2)n1. The van der Waals surface area contributed by atoms with Crippen LogP contribution in [-0.4, -0.2) is 34.0 Å². The molecule has 1 aliphatic carbocycles. The minimum absolute atomic E-state index is 0.613. The van der Waals surface area contributed by atoms with Crippen molar-refractivity contribution in [3.05, 3.63) is 59.2 Å². The van der Waals surface area contributed by atoms with E-state index in [1.807, 2.05) is 13.1 Å². The van der Waals surface area contributed by atoms with Crippen LogP contribution in [0.3, 0.4) is 0 Å². The van der Waals surface area contributed by atoms with Crippen LogP contribution in [0.4, 0.5) is 0 Å². The molecule has 114 valence electrons. The van der Waals surface area contributed by atoms with Gasteiger partial charge in [-0.05, 0) is 62.9 Å². The average Bonchev–Trinajstić information content (AvgIpc) is 2.99. The van der Waals surface area contributed by atoms with Gasteiger partial charge in [0.05, 0.1) is 0 Å². The minimum Gasteiger partial charge on any atom is -0.300 e. The molecule has 1 aromatic heterocycles. The van der Waals surface area contributed by atoms with Gasteiger partial charge in [-0.2, -0.15) is 0 Å². The Hall–Kier alpha value is -1.74. The van der Waals surface area contributed by atoms with Gasteiger partial charge >= 0.3 is 0 Å². The second-order valence-corrected chi connectivity index (χ2v) is 6.67. The predicted octanol–water partition coefficient (Wildman–Crippen LogP) is 3.13. The molecule has 0 bridgehead atoms. The molecule has 1 aromatic carbocycles. The van der Waals surface area contributed by atoms with Gasteiger partial charge in [-0.1, -0.05) is 24.3 Å². The van der Waals surface area contributed by atoms with Crippen LogP contribution in [0.25, 0.3) is 0 Å². The molecule has 4 rings (SSSR count). The summed E-state index contributed by atoms with van der Waals surface area (Å²) >= 11 is 0. The number of aromatic nitrogens is 2. The summed E-state index contributed by atoms with van der Waals surface area (Å²) in [5, 5.41) is 0. The summed E-state index contributed by atoms with van der Waals surface area (Å²) in [6, 6.07) is 11.7. The Morgan fingerprint density at radius 2 is 1.68 bits per heavy atom. The summed E-state index contributed by atoms with van der Waals surface area (Å²) in [7, 11) is 0. The van der Waals surface area contributed by atoms with Crippen molar-refractivity contribution in [2.75, 3.05) is 13.1 Å². The summed E-state index contributed by atoms with van der Waals surface area (Å²) < 4.78 is 0. The van der Waals surface area contributed by atoms with E-state index in [0.717, 1.165) is 5.82 Å². The first-order chi connectivity index (χ1) is 10.8. The quantitative estimate of drug-likeness (QED) is 0.852. The second kappa shape index (κ2) is 5.81. The third-order valence-corrected chi connectivity index (χ3v) is 5.29. The normalized spacial score (nSPS) is 20.2. The summed E-state index contributed by atoms with van der Waals surface area (Å²) in [6.45, 7) is 4.38. The van der Waals surface area contributed by atoms with Crippen molar-refractivity contribution >= 4 is 0 Å². The molecule has 0 unspecified atom stereocenters. The summed E-state index contributed by atoms with van der Waals surface area (Å²) in [5.41, 5.74) is 4.35. The highest BCUT2D eigenvalue weighted by Gasteiger charge is 2.30. The van der Waals surface area contributed by atoms with E-state index in [2.05, 4.69) is 45.2 Å². The molecule has 1 aliphatic heterocycles. The molecule has 1 fully saturated rings. The van der Waals surface area contributed by atoms with Crippen LogP contribution >= 0.6 is 0 Å². The Bertz CT molecular complexity index is 634. The maximum atomic E-state index is 4.62. The highest BCUT2D eigenvalue weighted by atomic mass is 15.2. The van der Waals surface area contributed by atoms with Gasteiger partial charge in [-0.15, -0.1) is 0 Å². The van der Waals surface area contributed by atoms with E-state index in [1.165, 1.54) is 44.5 Å². The lowest BCUT2D eigenvalue weighted by atomic mass is 9.92. The molecule has 2 aromatic rings. The van der Waals surface area contributed by atoms with Gasteiger partial charge in [0.2, 0.25) is 0 Å². The number of hydrogen-bond donors (Lipinski definition) is 0. The number of hydrogen-bond acceptors (Lipinski definition) is 3. The van der Waals surface area contributed by atoms with Crippen molar-refractivity contribution in [1.29, 1.82) is 0 Å². The number of piperidine rings is 1. The molecule has 3 heteroatoms. The van der Waals surface area contributed by atoms with Crippen LogP contribution < -0.4 is 0 Å². The van der Waals surface area contributed by atoms with Crippen LogP contribution in [-0.2, 0) is 12.8 Å². The van der Waals surface area contributed by atoms with Gasteiger partial charge in [0, 0.05) is 23.9 Å². The molecule has 2 aliphatic rings. The standard InChI is InChI=1S/C19H23N3/c1-14-20-9-6-19(21-14)15-7-10-22(11-8-15)18-12-16-4-2-3-5-17(16)13-18/h2-6,9,15,18H,7-8,10-13H2,1H3. The molecule has 0 atom stereocenters. The van der Waals surface area contributed by atoms with Crippen molar-refractivity contribution in [2.24, 2.45) is 0 Å². The van der Waals surface area contributed by atoms with Gasteiger partial charge in [0.25, 0.3) is 0 Å². The number of likely N-dealkylation sites (tertiary alicyclic amines) is 1. The Morgan fingerprint density at radius 1 is 1.00 bits per heavy atom. The molecule has 0 N–H and O–H groups in total. The number of benzene rings is 1. The van der Waals surface area contributed by atoms with Crippen molar-refractivity contribution in [3.63, 3.8) is 0 Å². The largest absolute Gasteiger partial charge is 0.300 e. The average molecular weight is 293 g/mol. The zero-order chi connectivity index (χ0) is 14.9. The maximum absolute atomic E-state index is 4.62. The van der Waals surface area contributed by atoms with Gasteiger partial charge < -0.3 is 0 Å². The lowest BCUT2D eigenvalue weighted by Gasteiger charge is -2.35. The zero-order valence-corrected chi connectivity index (χ0v) is 13.2. The minimum atomic E-state index is 0.613. The molecule has 0 radical (unpaired) electrons. The predicted molar refractivity (Wildman–Crippen MR) is 88.0 cm³/mol. The fraction of sp³-hybridized carbons (Fsp3) is 0.474. The molecular formula is C19H23N3. The monoisotopic (exact) mass is 293 g/mol. The van der Waals surface area contributed by atoms with Crippen molar-refractivity contribution in [1.82, 2.24) is 14.9 Å². The Morgan fingerprint density at radius 3 is 2.32 bits per heavy atom. The first-order valence-corrected chi connectivity index (χ1v) is 8.40. The fourth-order valence-electron chi connectivity index (χ4n) is 4.06. The molecule has 0 saturated carbocycles. The Labute approximate surface area is 132 Å². The Balaban J connectivity index is 1.39. The van der Waals surface area contributed by atoms with E-state index in [9.17, 15) is 0 Å². The molecule has 1 saturated heterocycles. The highest BCUT2D eigenvalue weighted by Crippen LogP contribution is 2.31. The van der Waals surface area contributed by atoms with E-state index >= 15 is 0 Å². The number of rotatable bonds is 2. The van der Waals surface area contributed by atoms with Crippen molar-refractivity contribution < 1.29 is 0 Å². The van der Waals surface area contributed by atoms with E-state index in [0.29, 0.717) is 12.0 Å². The lowest BCUT2D eigenvalue weighted by molar-refractivity contribution is 0.155. The maximum Gasteiger partial charge on any atom is 0.125 e. The van der Waals surface area contributed by atoms with Crippen LogP contribution in [0.2, 0.25) is 0 Å². The van der Waals surface area contributed by atoms with E-state index < -0.39 is 0 Å². The molecule has 3 nitrogen and oxygen atoms in total. The lowest BCUT2D eigenvalue weighted by Crippen LogP contribution is -2.41. The first kappa shape index (κ1) is 13.9. The third kappa shape index (κ3) is 2.66. The molecular weight excluding hydrogens is 270 g/mol. The van der Waals surface area contributed by atoms with Crippen LogP contribution in [0.1, 0.15) is 41.4 Å². The van der Waals surface area contributed by atoms with Gasteiger partial charge in [-0.3, -0.25) is 4.90 Å². The van der Waals surface area contributed by atoms with Gasteiger partial charge in [0.1, 0.15) is 5.82 Å². The third-order valence-electron chi connectivity index (χ3n) is 5.29. The van der Waals surface area contributed by atoms with Crippen LogP contribution in [0, 0.1) is 6.92 Å². The number of fused-ring (bicyclic) bond motifs is 1. The smallest absolute Gasteiger partial charge is 0.125 e. The number of aryl methyl sites for hydroxylation is 1. The summed E-state index contributed by atoms with van der Waals surface area (Å²) in [5.74, 6) is 1.51. The topological polar surface area (TPSA) is 29.0 Å². The van der Waals surface area contributed by atoms with E-state index in [-0.39, 0.29) is 0 Å². The highest BCUT2D eigenvalue weighted by molar-refractivity contribution is 5.33. The van der Waals surface area contributed by atoms with Crippen LogP contribution in [0.5, 0.6) is 0 Å². The van der Waals surface area contributed by atoms with E-state index in [1.54, 1.807) is 11.1 Å². The molecule has 2 heterocycles. The van der Waals surface area contributed by atoms with Gasteiger partial charge in [0.15, 0.2) is 0 Å². The second-order valence-electron chi connectivity index (χ2n) is 6.67. The van der Waals surface area contributed by atoms with Crippen LogP contribution in [0.15, 0.2) is 36.5 Å². The molecule has 22 heavy (non-hydrogen) atoms. The first-order valence-electron chi connectivity index (χ1n) is 8.40. The Kier molecular flexibility index (Phi) is 3.67. The molecule has 0 spiro atoms.